The quantitative estimate of drug-likeness (QED) is 0.617. The molecule has 2 aromatic carbocycles. The molecule has 2 aromatic rings. The molecule has 15 heavy (non-hydrogen) atoms. The number of carboxylic acids is 1. The summed E-state index contributed by atoms with van der Waals surface area (Å²) in [7, 11) is 0. The zero-order chi connectivity index (χ0) is 11.0. The van der Waals surface area contributed by atoms with Crippen LogP contribution in [0.2, 0.25) is 0 Å². The van der Waals surface area contributed by atoms with E-state index in [1.165, 1.54) is 6.07 Å². The second kappa shape index (κ2) is 3.16. The third kappa shape index (κ3) is 1.36. The van der Waals surface area contributed by atoms with Crippen LogP contribution in [0, 0.1) is 0 Å². The summed E-state index contributed by atoms with van der Waals surface area (Å²) in [6.07, 6.45) is 0. The molecule has 0 aromatic heterocycles. The van der Waals surface area contributed by atoms with Crippen molar-refractivity contribution in [3.8, 4) is 5.75 Å². The van der Waals surface area contributed by atoms with Gasteiger partial charge in [0.15, 0.2) is 0 Å². The maximum atomic E-state index is 11.0. The predicted octanol–water partition coefficient (Wildman–Crippen LogP) is 1.83. The Morgan fingerprint density at radius 3 is 2.60 bits per heavy atom. The molecule has 0 aliphatic heterocycles. The number of phenols is 1. The third-order valence-electron chi connectivity index (χ3n) is 2.27. The maximum absolute atomic E-state index is 11.0. The number of benzene rings is 2. The smallest absolute Gasteiger partial charge is 0.340 e. The molecule has 0 spiro atoms. The van der Waals surface area contributed by atoms with Gasteiger partial charge in [-0.1, -0.05) is 18.2 Å². The molecular weight excluding hydrogens is 194 g/mol. The van der Waals surface area contributed by atoms with Gasteiger partial charge in [0.25, 0.3) is 0 Å². The molecule has 0 atom stereocenters. The SMILES string of the molecule is Nc1cccc2ccc(O)c(C(=O)O)c12. The van der Waals surface area contributed by atoms with Crippen molar-refractivity contribution in [1.29, 1.82) is 0 Å². The average molecular weight is 203 g/mol. The van der Waals surface area contributed by atoms with Crippen LogP contribution < -0.4 is 5.73 Å². The van der Waals surface area contributed by atoms with E-state index in [0.29, 0.717) is 16.5 Å². The number of nitrogens with two attached hydrogens (primary N) is 1. The van der Waals surface area contributed by atoms with Crippen LogP contribution in [0.15, 0.2) is 30.3 Å². The van der Waals surface area contributed by atoms with Crippen molar-refractivity contribution in [2.75, 3.05) is 5.73 Å². The number of carbonyl (C=O) groups is 1. The van der Waals surface area contributed by atoms with Crippen molar-refractivity contribution < 1.29 is 15.0 Å². The van der Waals surface area contributed by atoms with E-state index in [1.807, 2.05) is 0 Å². The summed E-state index contributed by atoms with van der Waals surface area (Å²) in [4.78, 5) is 11.0. The summed E-state index contributed by atoms with van der Waals surface area (Å²) in [5, 5.41) is 19.5. The Morgan fingerprint density at radius 2 is 1.93 bits per heavy atom. The number of anilines is 1. The Balaban J connectivity index is 2.97. The van der Waals surface area contributed by atoms with Gasteiger partial charge in [0.2, 0.25) is 0 Å². The van der Waals surface area contributed by atoms with E-state index < -0.39 is 5.97 Å². The molecule has 0 amide bonds. The van der Waals surface area contributed by atoms with Gasteiger partial charge in [-0.15, -0.1) is 0 Å². The molecule has 0 saturated heterocycles. The molecule has 0 bridgehead atoms. The zero-order valence-electron chi connectivity index (χ0n) is 7.77. The minimum Gasteiger partial charge on any atom is -0.507 e. The van der Waals surface area contributed by atoms with Crippen LogP contribution in [-0.2, 0) is 0 Å². The number of rotatable bonds is 1. The van der Waals surface area contributed by atoms with Crippen molar-refractivity contribution in [1.82, 2.24) is 0 Å². The largest absolute Gasteiger partial charge is 0.507 e. The number of nitrogen functional groups attached to an aromatic ring is 1. The van der Waals surface area contributed by atoms with Gasteiger partial charge >= 0.3 is 5.97 Å². The summed E-state index contributed by atoms with van der Waals surface area (Å²) in [5.74, 6) is -1.45. The Hall–Kier alpha value is -2.23. The van der Waals surface area contributed by atoms with Crippen molar-refractivity contribution >= 4 is 22.4 Å². The Labute approximate surface area is 85.6 Å². The highest BCUT2D eigenvalue weighted by Gasteiger charge is 2.15. The lowest BCUT2D eigenvalue weighted by Crippen LogP contribution is -2.00. The van der Waals surface area contributed by atoms with Crippen LogP contribution in [0.5, 0.6) is 5.75 Å². The molecule has 0 aliphatic rings. The van der Waals surface area contributed by atoms with E-state index in [9.17, 15) is 9.90 Å². The number of hydrogen-bond acceptors (Lipinski definition) is 3. The molecule has 0 heterocycles. The van der Waals surface area contributed by atoms with Crippen LogP contribution in [-0.4, -0.2) is 16.2 Å². The fourth-order valence-electron chi connectivity index (χ4n) is 1.61. The molecule has 4 N–H and O–H groups in total. The van der Waals surface area contributed by atoms with Gasteiger partial charge in [-0.3, -0.25) is 0 Å². The van der Waals surface area contributed by atoms with Gasteiger partial charge in [-0.25, -0.2) is 4.79 Å². The van der Waals surface area contributed by atoms with E-state index in [-0.39, 0.29) is 11.3 Å². The summed E-state index contributed by atoms with van der Waals surface area (Å²) < 4.78 is 0. The lowest BCUT2D eigenvalue weighted by molar-refractivity contribution is 0.0696. The molecule has 0 fully saturated rings. The fourth-order valence-corrected chi connectivity index (χ4v) is 1.61. The van der Waals surface area contributed by atoms with Gasteiger partial charge in [0.1, 0.15) is 11.3 Å². The second-order valence-corrected chi connectivity index (χ2v) is 3.21. The average Bonchev–Trinajstić information content (AvgIpc) is 2.18. The highest BCUT2D eigenvalue weighted by molar-refractivity contribution is 6.10. The van der Waals surface area contributed by atoms with Gasteiger partial charge in [0, 0.05) is 11.1 Å². The first kappa shape index (κ1) is 9.33. The second-order valence-electron chi connectivity index (χ2n) is 3.21. The Morgan fingerprint density at radius 1 is 1.20 bits per heavy atom. The number of fused-ring (bicyclic) bond motifs is 1. The summed E-state index contributed by atoms with van der Waals surface area (Å²) in [5.41, 5.74) is 5.89. The minimum absolute atomic E-state index is 0.148. The van der Waals surface area contributed by atoms with Gasteiger partial charge < -0.3 is 15.9 Å². The monoisotopic (exact) mass is 203 g/mol. The summed E-state index contributed by atoms with van der Waals surface area (Å²) in [6.45, 7) is 0. The molecule has 0 saturated carbocycles. The lowest BCUT2D eigenvalue weighted by Gasteiger charge is -2.07. The van der Waals surface area contributed by atoms with E-state index in [2.05, 4.69) is 0 Å². The van der Waals surface area contributed by atoms with Gasteiger partial charge in [-0.2, -0.15) is 0 Å². The van der Waals surface area contributed by atoms with Crippen molar-refractivity contribution in [2.45, 2.75) is 0 Å². The molecule has 4 heteroatoms. The first-order valence-electron chi connectivity index (χ1n) is 4.34. The number of hydrogen-bond donors (Lipinski definition) is 3. The molecule has 76 valence electrons. The summed E-state index contributed by atoms with van der Waals surface area (Å²) >= 11 is 0. The molecule has 0 unspecified atom stereocenters. The van der Waals surface area contributed by atoms with E-state index in [4.69, 9.17) is 10.8 Å². The normalized spacial score (nSPS) is 10.4. The number of aromatic carboxylic acids is 1. The predicted molar refractivity (Wildman–Crippen MR) is 57.0 cm³/mol. The number of carboxylic acid groups (broad SMARTS) is 1. The maximum Gasteiger partial charge on any atom is 0.340 e. The van der Waals surface area contributed by atoms with Crippen LogP contribution >= 0.6 is 0 Å². The van der Waals surface area contributed by atoms with Crippen molar-refractivity contribution in [2.24, 2.45) is 0 Å². The van der Waals surface area contributed by atoms with E-state index >= 15 is 0 Å². The first-order chi connectivity index (χ1) is 7.11. The van der Waals surface area contributed by atoms with E-state index in [0.717, 1.165) is 0 Å². The highest BCUT2D eigenvalue weighted by Crippen LogP contribution is 2.30. The zero-order valence-corrected chi connectivity index (χ0v) is 7.77. The molecule has 0 radical (unpaired) electrons. The Kier molecular flexibility index (Phi) is 1.97. The molecular formula is C11H9NO3. The van der Waals surface area contributed by atoms with Crippen molar-refractivity contribution in [3.63, 3.8) is 0 Å². The lowest BCUT2D eigenvalue weighted by atomic mass is 10.0. The molecule has 4 nitrogen and oxygen atoms in total. The Bertz CT molecular complexity index is 549. The van der Waals surface area contributed by atoms with Crippen LogP contribution in [0.25, 0.3) is 10.8 Å². The highest BCUT2D eigenvalue weighted by atomic mass is 16.4. The van der Waals surface area contributed by atoms with Crippen LogP contribution in [0.3, 0.4) is 0 Å². The van der Waals surface area contributed by atoms with Crippen molar-refractivity contribution in [3.05, 3.63) is 35.9 Å². The molecule has 2 rings (SSSR count). The fraction of sp³-hybridized carbons (Fsp3) is 0. The van der Waals surface area contributed by atoms with Crippen LogP contribution in [0.1, 0.15) is 10.4 Å². The van der Waals surface area contributed by atoms with E-state index in [1.54, 1.807) is 24.3 Å². The minimum atomic E-state index is -1.18. The topological polar surface area (TPSA) is 83.5 Å². The van der Waals surface area contributed by atoms with Gasteiger partial charge in [-0.05, 0) is 17.5 Å². The van der Waals surface area contributed by atoms with Crippen LogP contribution in [0.4, 0.5) is 5.69 Å². The summed E-state index contributed by atoms with van der Waals surface area (Å²) in [6, 6.07) is 8.07. The molecule has 0 aliphatic carbocycles. The first-order valence-corrected chi connectivity index (χ1v) is 4.34. The van der Waals surface area contributed by atoms with Gasteiger partial charge in [0.05, 0.1) is 0 Å². The third-order valence-corrected chi connectivity index (χ3v) is 2.27. The number of aromatic hydroxyl groups is 1. The standard InChI is InChI=1S/C11H9NO3/c12-7-3-1-2-6-4-5-8(13)10(9(6)7)11(14)15/h1-5,13H,12H2,(H,14,15).